The van der Waals surface area contributed by atoms with Crippen LogP contribution < -0.4 is 5.32 Å². The molecule has 0 aromatic heterocycles. The van der Waals surface area contributed by atoms with E-state index in [1.54, 1.807) is 6.26 Å². The molecule has 3 heteroatoms. The monoisotopic (exact) mass is 249 g/mol. The van der Waals surface area contributed by atoms with Gasteiger partial charge in [-0.2, -0.15) is 0 Å². The van der Waals surface area contributed by atoms with Crippen LogP contribution in [0.3, 0.4) is 0 Å². The van der Waals surface area contributed by atoms with E-state index >= 15 is 0 Å². The molecule has 18 heavy (non-hydrogen) atoms. The van der Waals surface area contributed by atoms with Gasteiger partial charge in [-0.3, -0.25) is 0 Å². The van der Waals surface area contributed by atoms with Crippen LogP contribution in [0.5, 0.6) is 0 Å². The van der Waals surface area contributed by atoms with Crippen molar-refractivity contribution in [3.05, 3.63) is 48.0 Å². The molecular weight excluding hydrogens is 229 g/mol. The van der Waals surface area contributed by atoms with Gasteiger partial charge < -0.3 is 10.1 Å². The number of nitrogens with one attached hydrogen (secondary N) is 1. The molecule has 0 amide bonds. The Labute approximate surface area is 108 Å². The van der Waals surface area contributed by atoms with Crippen molar-refractivity contribution in [1.29, 1.82) is 0 Å². The number of halogens is 1. The highest BCUT2D eigenvalue weighted by Crippen LogP contribution is 2.22. The Morgan fingerprint density at radius 3 is 2.72 bits per heavy atom. The van der Waals surface area contributed by atoms with E-state index in [0.29, 0.717) is 6.04 Å². The SMILES string of the molecule is CC1(C)CC(NCCc2ccc(F)cc2)C=CO1. The molecule has 2 nitrogen and oxygen atoms in total. The maximum atomic E-state index is 12.7. The van der Waals surface area contributed by atoms with Gasteiger partial charge in [0.1, 0.15) is 11.4 Å². The fourth-order valence-electron chi connectivity index (χ4n) is 2.16. The molecule has 0 spiro atoms. The molecule has 0 saturated carbocycles. The van der Waals surface area contributed by atoms with Gasteiger partial charge in [-0.15, -0.1) is 0 Å². The summed E-state index contributed by atoms with van der Waals surface area (Å²) < 4.78 is 18.3. The Bertz CT molecular complexity index is 411. The smallest absolute Gasteiger partial charge is 0.123 e. The van der Waals surface area contributed by atoms with E-state index in [4.69, 9.17) is 4.74 Å². The van der Waals surface area contributed by atoms with E-state index in [0.717, 1.165) is 24.9 Å². The average molecular weight is 249 g/mol. The van der Waals surface area contributed by atoms with Gasteiger partial charge in [-0.25, -0.2) is 4.39 Å². The number of rotatable bonds is 4. The third-order valence-corrected chi connectivity index (χ3v) is 3.14. The standard InChI is InChI=1S/C15H20FNO/c1-15(2)11-14(8-10-18-15)17-9-7-12-3-5-13(16)6-4-12/h3-6,8,10,14,17H,7,9,11H2,1-2H3. The summed E-state index contributed by atoms with van der Waals surface area (Å²) in [6.45, 7) is 5.06. The van der Waals surface area contributed by atoms with Crippen LogP contribution in [0.25, 0.3) is 0 Å². The van der Waals surface area contributed by atoms with Crippen LogP contribution in [0, 0.1) is 5.82 Å². The summed E-state index contributed by atoms with van der Waals surface area (Å²) in [6.07, 6.45) is 5.70. The Balaban J connectivity index is 1.77. The van der Waals surface area contributed by atoms with Crippen molar-refractivity contribution in [3.8, 4) is 0 Å². The van der Waals surface area contributed by atoms with Gasteiger partial charge in [-0.1, -0.05) is 12.1 Å². The lowest BCUT2D eigenvalue weighted by Gasteiger charge is -2.32. The second kappa shape index (κ2) is 5.53. The average Bonchev–Trinajstić information content (AvgIpc) is 2.30. The van der Waals surface area contributed by atoms with E-state index in [9.17, 15) is 4.39 Å². The Morgan fingerprint density at radius 2 is 2.06 bits per heavy atom. The topological polar surface area (TPSA) is 21.3 Å². The first-order valence-corrected chi connectivity index (χ1v) is 6.37. The Hall–Kier alpha value is -1.35. The molecule has 1 aromatic carbocycles. The molecule has 0 radical (unpaired) electrons. The maximum absolute atomic E-state index is 12.7. The molecule has 0 aliphatic carbocycles. The number of hydrogen-bond acceptors (Lipinski definition) is 2. The molecule has 1 aliphatic rings. The molecule has 0 saturated heterocycles. The second-order valence-corrected chi connectivity index (χ2v) is 5.35. The van der Waals surface area contributed by atoms with Crippen molar-refractivity contribution in [2.24, 2.45) is 0 Å². The largest absolute Gasteiger partial charge is 0.496 e. The van der Waals surface area contributed by atoms with Gasteiger partial charge in [0.15, 0.2) is 0 Å². The van der Waals surface area contributed by atoms with Gasteiger partial charge in [0.25, 0.3) is 0 Å². The highest BCUT2D eigenvalue weighted by Gasteiger charge is 2.25. The predicted octanol–water partition coefficient (Wildman–Crippen LogP) is 3.04. The molecule has 1 atom stereocenters. The zero-order chi connectivity index (χ0) is 13.0. The van der Waals surface area contributed by atoms with E-state index in [-0.39, 0.29) is 11.4 Å². The fourth-order valence-corrected chi connectivity index (χ4v) is 2.16. The van der Waals surface area contributed by atoms with Gasteiger partial charge in [0.05, 0.1) is 6.26 Å². The summed E-state index contributed by atoms with van der Waals surface area (Å²) in [5, 5.41) is 3.48. The highest BCUT2D eigenvalue weighted by atomic mass is 19.1. The summed E-state index contributed by atoms with van der Waals surface area (Å²) in [7, 11) is 0. The Morgan fingerprint density at radius 1 is 1.33 bits per heavy atom. The number of hydrogen-bond donors (Lipinski definition) is 1. The molecule has 0 bridgehead atoms. The van der Waals surface area contributed by atoms with Gasteiger partial charge >= 0.3 is 0 Å². The van der Waals surface area contributed by atoms with Crippen LogP contribution in [0.2, 0.25) is 0 Å². The fraction of sp³-hybridized carbons (Fsp3) is 0.467. The van der Waals surface area contributed by atoms with Crippen LogP contribution in [0.1, 0.15) is 25.8 Å². The minimum Gasteiger partial charge on any atom is -0.496 e. The number of ether oxygens (including phenoxy) is 1. The first kappa shape index (κ1) is 13.1. The first-order valence-electron chi connectivity index (χ1n) is 6.37. The summed E-state index contributed by atoms with van der Waals surface area (Å²) in [6, 6.07) is 7.04. The van der Waals surface area contributed by atoms with Crippen molar-refractivity contribution in [3.63, 3.8) is 0 Å². The molecule has 1 aliphatic heterocycles. The van der Waals surface area contributed by atoms with E-state index in [1.807, 2.05) is 12.1 Å². The molecule has 1 unspecified atom stereocenters. The third-order valence-electron chi connectivity index (χ3n) is 3.14. The van der Waals surface area contributed by atoms with Crippen LogP contribution in [0.4, 0.5) is 4.39 Å². The summed E-state index contributed by atoms with van der Waals surface area (Å²) in [5.74, 6) is -0.180. The van der Waals surface area contributed by atoms with Crippen molar-refractivity contribution in [1.82, 2.24) is 5.32 Å². The normalized spacial score (nSPS) is 21.6. The summed E-state index contributed by atoms with van der Waals surface area (Å²) >= 11 is 0. The van der Waals surface area contributed by atoms with Crippen LogP contribution in [-0.4, -0.2) is 18.2 Å². The van der Waals surface area contributed by atoms with Crippen molar-refractivity contribution >= 4 is 0 Å². The first-order chi connectivity index (χ1) is 8.55. The van der Waals surface area contributed by atoms with Crippen LogP contribution in [0.15, 0.2) is 36.6 Å². The zero-order valence-corrected chi connectivity index (χ0v) is 10.9. The lowest BCUT2D eigenvalue weighted by Crippen LogP contribution is -2.39. The third kappa shape index (κ3) is 3.84. The quantitative estimate of drug-likeness (QED) is 0.885. The van der Waals surface area contributed by atoms with Gasteiger partial charge in [0.2, 0.25) is 0 Å². The molecule has 1 N–H and O–H groups in total. The van der Waals surface area contributed by atoms with Gasteiger partial charge in [-0.05, 0) is 50.6 Å². The van der Waals surface area contributed by atoms with E-state index in [1.165, 1.54) is 12.1 Å². The van der Waals surface area contributed by atoms with Crippen LogP contribution >= 0.6 is 0 Å². The lowest BCUT2D eigenvalue weighted by molar-refractivity contribution is 0.0305. The molecular formula is C15H20FNO. The zero-order valence-electron chi connectivity index (χ0n) is 10.9. The van der Waals surface area contributed by atoms with Crippen molar-refractivity contribution in [2.75, 3.05) is 6.54 Å². The minimum atomic E-state index is -0.180. The molecule has 1 heterocycles. The van der Waals surface area contributed by atoms with Crippen molar-refractivity contribution in [2.45, 2.75) is 38.3 Å². The summed E-state index contributed by atoms with van der Waals surface area (Å²) in [5.41, 5.74) is 1.06. The maximum Gasteiger partial charge on any atom is 0.123 e. The van der Waals surface area contributed by atoms with E-state index < -0.39 is 0 Å². The van der Waals surface area contributed by atoms with Crippen molar-refractivity contribution < 1.29 is 9.13 Å². The van der Waals surface area contributed by atoms with Crippen LogP contribution in [-0.2, 0) is 11.2 Å². The number of benzene rings is 1. The predicted molar refractivity (Wildman–Crippen MR) is 70.8 cm³/mol. The van der Waals surface area contributed by atoms with E-state index in [2.05, 4.69) is 25.2 Å². The second-order valence-electron chi connectivity index (χ2n) is 5.35. The highest BCUT2D eigenvalue weighted by molar-refractivity contribution is 5.16. The molecule has 98 valence electrons. The molecule has 1 aromatic rings. The molecule has 0 fully saturated rings. The molecule has 2 rings (SSSR count). The minimum absolute atomic E-state index is 0.0949. The summed E-state index contributed by atoms with van der Waals surface area (Å²) in [4.78, 5) is 0. The van der Waals surface area contributed by atoms with Gasteiger partial charge in [0, 0.05) is 12.5 Å². The lowest BCUT2D eigenvalue weighted by atomic mass is 9.97. The Kier molecular flexibility index (Phi) is 4.02.